The highest BCUT2D eigenvalue weighted by Crippen LogP contribution is 2.25. The minimum atomic E-state index is 1.20. The van der Waals surface area contributed by atoms with Gasteiger partial charge in [-0.1, -0.05) is 42.2 Å². The first kappa shape index (κ1) is 13.1. The maximum absolute atomic E-state index is 4.05. The molecule has 0 aliphatic heterocycles. The van der Waals surface area contributed by atoms with Gasteiger partial charge in [-0.05, 0) is 41.9 Å². The Morgan fingerprint density at radius 2 is 1.75 bits per heavy atom. The predicted octanol–water partition coefficient (Wildman–Crippen LogP) is 4.59. The van der Waals surface area contributed by atoms with Gasteiger partial charge in [-0.2, -0.15) is 0 Å². The highest BCUT2D eigenvalue weighted by molar-refractivity contribution is 9.05. The van der Waals surface area contributed by atoms with Crippen molar-refractivity contribution >= 4 is 32.3 Å². The van der Waals surface area contributed by atoms with Crippen molar-refractivity contribution in [3.05, 3.63) is 12.8 Å². The van der Waals surface area contributed by atoms with Gasteiger partial charge in [0.15, 0.2) is 0 Å². The second-order valence-corrected chi connectivity index (χ2v) is 5.92. The molecule has 0 atom stereocenters. The quantitative estimate of drug-likeness (QED) is 0.344. The average molecular weight is 222 g/mol. The van der Waals surface area contributed by atoms with E-state index in [4.69, 9.17) is 0 Å². The molecule has 72 valence electrons. The van der Waals surface area contributed by atoms with Crippen molar-refractivity contribution in [2.24, 2.45) is 0 Å². The number of hydrogen-bond donors (Lipinski definition) is 1. The Labute approximate surface area is 89.9 Å². The van der Waals surface area contributed by atoms with E-state index in [1.807, 2.05) is 10.8 Å². The van der Waals surface area contributed by atoms with Gasteiger partial charge in [-0.15, -0.1) is 0 Å². The zero-order chi connectivity index (χ0) is 9.07. The topological polar surface area (TPSA) is 0 Å². The minimum Gasteiger partial charge on any atom is -0.0997 e. The standard InChI is InChI=1S/C9H18S3/c1-2-3-4-5-6-7-8-9-11-12-10/h4,7,10H,2-3,5-6,8-9H2,1H3. The van der Waals surface area contributed by atoms with Crippen LogP contribution < -0.4 is 0 Å². The van der Waals surface area contributed by atoms with Crippen molar-refractivity contribution in [3.8, 4) is 0 Å². The summed E-state index contributed by atoms with van der Waals surface area (Å²) in [5, 5.41) is 0. The van der Waals surface area contributed by atoms with Gasteiger partial charge < -0.3 is 0 Å². The molecule has 0 aromatic rings. The summed E-state index contributed by atoms with van der Waals surface area (Å²) in [6, 6.07) is 0. The van der Waals surface area contributed by atoms with Crippen molar-refractivity contribution < 1.29 is 0 Å². The van der Waals surface area contributed by atoms with E-state index in [2.05, 4.69) is 31.4 Å². The summed E-state index contributed by atoms with van der Waals surface area (Å²) in [6.45, 7) is 2.22. The Bertz CT molecular complexity index is 66.2. The molecule has 0 unspecified atom stereocenters. The van der Waals surface area contributed by atoms with Gasteiger partial charge in [0.1, 0.15) is 0 Å². The molecule has 12 heavy (non-hydrogen) atoms. The van der Waals surface area contributed by atoms with E-state index in [-0.39, 0.29) is 0 Å². The summed E-state index contributed by atoms with van der Waals surface area (Å²) in [5.41, 5.74) is 0. The first-order chi connectivity index (χ1) is 5.91. The van der Waals surface area contributed by atoms with Crippen molar-refractivity contribution in [3.63, 3.8) is 0 Å². The molecular weight excluding hydrogens is 204 g/mol. The monoisotopic (exact) mass is 222 g/mol. The van der Waals surface area contributed by atoms with Gasteiger partial charge in [0.25, 0.3) is 0 Å². The van der Waals surface area contributed by atoms with E-state index in [1.165, 1.54) is 37.9 Å². The van der Waals surface area contributed by atoms with E-state index in [9.17, 15) is 0 Å². The molecule has 0 saturated heterocycles. The highest BCUT2D eigenvalue weighted by atomic mass is 33.5. The van der Waals surface area contributed by atoms with Gasteiger partial charge in [0, 0.05) is 5.75 Å². The van der Waals surface area contributed by atoms with Gasteiger partial charge in [-0.25, -0.2) is 0 Å². The number of hydrogen-bond acceptors (Lipinski definition) is 3. The molecule has 0 aliphatic rings. The zero-order valence-corrected chi connectivity index (χ0v) is 10.2. The fraction of sp³-hybridized carbons (Fsp3) is 0.778. The van der Waals surface area contributed by atoms with Crippen LogP contribution in [0.1, 0.15) is 39.0 Å². The molecule has 0 saturated carbocycles. The summed E-state index contributed by atoms with van der Waals surface area (Å²) in [7, 11) is 3.37. The van der Waals surface area contributed by atoms with Crippen LogP contribution in [0.15, 0.2) is 0 Å². The summed E-state index contributed by atoms with van der Waals surface area (Å²) in [5.74, 6) is 1.20. The van der Waals surface area contributed by atoms with Crippen molar-refractivity contribution in [1.29, 1.82) is 0 Å². The molecule has 0 N–H and O–H groups in total. The maximum atomic E-state index is 4.05. The van der Waals surface area contributed by atoms with Crippen LogP contribution in [-0.2, 0) is 0 Å². The van der Waals surface area contributed by atoms with Gasteiger partial charge in [0.05, 0.1) is 0 Å². The van der Waals surface area contributed by atoms with E-state index in [0.717, 1.165) is 0 Å². The van der Waals surface area contributed by atoms with Crippen LogP contribution in [0.3, 0.4) is 0 Å². The Morgan fingerprint density at radius 1 is 1.08 bits per heavy atom. The molecule has 0 aromatic heterocycles. The van der Waals surface area contributed by atoms with Crippen LogP contribution in [0.5, 0.6) is 0 Å². The van der Waals surface area contributed by atoms with E-state index >= 15 is 0 Å². The molecule has 0 bridgehead atoms. The Kier molecular flexibility index (Phi) is 13.1. The molecular formula is C9H18S3. The van der Waals surface area contributed by atoms with E-state index in [1.54, 1.807) is 9.83 Å². The first-order valence-corrected chi connectivity index (χ1v) is 7.85. The second kappa shape index (κ2) is 12.0. The normalized spacial score (nSPS) is 10.5. The van der Waals surface area contributed by atoms with Crippen LogP contribution in [0, 0.1) is 12.8 Å². The molecule has 0 amide bonds. The number of thiol groups is 1. The molecule has 2 radical (unpaired) electrons. The lowest BCUT2D eigenvalue weighted by molar-refractivity contribution is 0.788. The van der Waals surface area contributed by atoms with Gasteiger partial charge >= 0.3 is 0 Å². The Balaban J connectivity index is 2.73. The first-order valence-electron chi connectivity index (χ1n) is 4.48. The van der Waals surface area contributed by atoms with Gasteiger partial charge in [-0.3, -0.25) is 0 Å². The summed E-state index contributed by atoms with van der Waals surface area (Å²) in [4.78, 5) is 0. The summed E-state index contributed by atoms with van der Waals surface area (Å²) < 4.78 is 0. The second-order valence-electron chi connectivity index (χ2n) is 2.63. The SMILES string of the molecule is CCC[CH]CC[CH]CCSSS. The van der Waals surface area contributed by atoms with Crippen LogP contribution >= 0.6 is 32.3 Å². The maximum Gasteiger partial charge on any atom is 0.00478 e. The molecule has 0 rings (SSSR count). The smallest absolute Gasteiger partial charge is 0.00478 e. The minimum absolute atomic E-state index is 1.20. The van der Waals surface area contributed by atoms with Crippen LogP contribution in [0.4, 0.5) is 0 Å². The lowest BCUT2D eigenvalue weighted by atomic mass is 10.1. The van der Waals surface area contributed by atoms with Crippen molar-refractivity contribution in [1.82, 2.24) is 0 Å². The van der Waals surface area contributed by atoms with Crippen molar-refractivity contribution in [2.75, 3.05) is 5.75 Å². The Morgan fingerprint density at radius 3 is 2.33 bits per heavy atom. The third-order valence-electron chi connectivity index (χ3n) is 1.53. The summed E-state index contributed by atoms with van der Waals surface area (Å²) in [6.07, 6.45) is 11.0. The molecule has 0 spiro atoms. The summed E-state index contributed by atoms with van der Waals surface area (Å²) >= 11 is 4.05. The molecule has 0 aromatic carbocycles. The van der Waals surface area contributed by atoms with Crippen molar-refractivity contribution in [2.45, 2.75) is 39.0 Å². The lowest BCUT2D eigenvalue weighted by Crippen LogP contribution is -1.82. The molecule has 0 nitrogen and oxygen atoms in total. The number of unbranched alkanes of at least 4 members (excludes halogenated alkanes) is 6. The predicted molar refractivity (Wildman–Crippen MR) is 66.4 cm³/mol. The third kappa shape index (κ3) is 11.1. The molecule has 0 aliphatic carbocycles. The fourth-order valence-electron chi connectivity index (χ4n) is 0.897. The molecule has 3 heteroatoms. The highest BCUT2D eigenvalue weighted by Gasteiger charge is 1.91. The number of rotatable bonds is 9. The average Bonchev–Trinajstić information content (AvgIpc) is 2.10. The van der Waals surface area contributed by atoms with Gasteiger partial charge in [0.2, 0.25) is 0 Å². The molecule has 0 fully saturated rings. The molecule has 0 heterocycles. The third-order valence-corrected chi connectivity index (χ3v) is 3.80. The lowest BCUT2D eigenvalue weighted by Gasteiger charge is -1.98. The Hall–Kier alpha value is 1.05. The van der Waals surface area contributed by atoms with Crippen LogP contribution in [0.2, 0.25) is 0 Å². The van der Waals surface area contributed by atoms with Crippen LogP contribution in [0.25, 0.3) is 0 Å². The van der Waals surface area contributed by atoms with Crippen LogP contribution in [-0.4, -0.2) is 5.75 Å². The zero-order valence-electron chi connectivity index (χ0n) is 7.66. The fourth-order valence-corrected chi connectivity index (χ4v) is 2.42. The van der Waals surface area contributed by atoms with E-state index < -0.39 is 0 Å². The largest absolute Gasteiger partial charge is 0.0997 e. The van der Waals surface area contributed by atoms with E-state index in [0.29, 0.717) is 0 Å².